The molecule has 0 saturated carbocycles. The van der Waals surface area contributed by atoms with Crippen LogP contribution in [0, 0.1) is 12.8 Å². The van der Waals surface area contributed by atoms with Gasteiger partial charge in [-0.2, -0.15) is 0 Å². The fourth-order valence-electron chi connectivity index (χ4n) is 2.90. The largest absolute Gasteiger partial charge is 0.469 e. The van der Waals surface area contributed by atoms with Crippen molar-refractivity contribution in [2.24, 2.45) is 11.8 Å². The molecule has 0 aliphatic carbocycles. The summed E-state index contributed by atoms with van der Waals surface area (Å²) >= 11 is 0. The molecule has 1 atom stereocenters. The number of hydrogen-bond donors (Lipinski definition) is 2. The van der Waals surface area contributed by atoms with Crippen LogP contribution in [0.3, 0.4) is 0 Å². The van der Waals surface area contributed by atoms with E-state index in [-0.39, 0.29) is 6.04 Å². The highest BCUT2D eigenvalue weighted by atomic mass is 16.5. The monoisotopic (exact) mass is 266 g/mol. The maximum Gasteiger partial charge on any atom is 0.105 e. The van der Waals surface area contributed by atoms with Gasteiger partial charge in [0, 0.05) is 24.8 Å². The summed E-state index contributed by atoms with van der Waals surface area (Å²) in [5, 5.41) is 0. The van der Waals surface area contributed by atoms with E-state index < -0.39 is 0 Å². The Bertz CT molecular complexity index is 359. The zero-order valence-corrected chi connectivity index (χ0v) is 11.9. The summed E-state index contributed by atoms with van der Waals surface area (Å²) in [6, 6.07) is 2.23. The Labute approximate surface area is 115 Å². The van der Waals surface area contributed by atoms with Crippen molar-refractivity contribution in [2.75, 3.05) is 13.2 Å². The molecule has 1 aromatic rings. The van der Waals surface area contributed by atoms with Crippen molar-refractivity contribution in [3.8, 4) is 0 Å². The summed E-state index contributed by atoms with van der Waals surface area (Å²) in [5.74, 6) is 7.48. The van der Waals surface area contributed by atoms with Crippen LogP contribution in [0.2, 0.25) is 0 Å². The second kappa shape index (κ2) is 7.68. The quantitative estimate of drug-likeness (QED) is 0.452. The first-order chi connectivity index (χ1) is 9.31. The van der Waals surface area contributed by atoms with Crippen molar-refractivity contribution >= 4 is 0 Å². The standard InChI is InChI=1S/C15H26N2O2/c1-12-14(8-11-19-12)15(17-16)5-3-2-4-13-6-9-18-10-7-13/h8,11,13,15,17H,2-7,9-10,16H2,1H3. The molecule has 1 saturated heterocycles. The maximum absolute atomic E-state index is 5.65. The fourth-order valence-corrected chi connectivity index (χ4v) is 2.90. The second-order valence-electron chi connectivity index (χ2n) is 5.49. The first-order valence-electron chi connectivity index (χ1n) is 7.39. The van der Waals surface area contributed by atoms with E-state index in [2.05, 4.69) is 5.43 Å². The van der Waals surface area contributed by atoms with Gasteiger partial charge in [0.2, 0.25) is 0 Å². The van der Waals surface area contributed by atoms with Gasteiger partial charge in [0.1, 0.15) is 5.76 Å². The van der Waals surface area contributed by atoms with E-state index in [9.17, 15) is 0 Å². The molecule has 1 fully saturated rings. The van der Waals surface area contributed by atoms with Gasteiger partial charge in [0.25, 0.3) is 0 Å². The molecule has 4 heteroatoms. The van der Waals surface area contributed by atoms with E-state index in [1.165, 1.54) is 37.7 Å². The number of rotatable bonds is 7. The van der Waals surface area contributed by atoms with E-state index in [0.29, 0.717) is 0 Å². The smallest absolute Gasteiger partial charge is 0.105 e. The molecular weight excluding hydrogens is 240 g/mol. The van der Waals surface area contributed by atoms with Crippen LogP contribution >= 0.6 is 0 Å². The molecule has 108 valence electrons. The van der Waals surface area contributed by atoms with Crippen LogP contribution < -0.4 is 11.3 Å². The van der Waals surface area contributed by atoms with Crippen LogP contribution in [0.4, 0.5) is 0 Å². The summed E-state index contributed by atoms with van der Waals surface area (Å²) in [6.07, 6.45) is 9.08. The molecule has 0 radical (unpaired) electrons. The lowest BCUT2D eigenvalue weighted by Gasteiger charge is -2.22. The SMILES string of the molecule is Cc1occc1C(CCCCC1CCOCC1)NN. The summed E-state index contributed by atoms with van der Waals surface area (Å²) in [5.41, 5.74) is 4.09. The minimum Gasteiger partial charge on any atom is -0.469 e. The lowest BCUT2D eigenvalue weighted by atomic mass is 9.92. The van der Waals surface area contributed by atoms with E-state index in [0.717, 1.165) is 31.3 Å². The Morgan fingerprint density at radius 1 is 1.37 bits per heavy atom. The zero-order valence-electron chi connectivity index (χ0n) is 11.9. The third-order valence-electron chi connectivity index (χ3n) is 4.17. The zero-order chi connectivity index (χ0) is 13.5. The van der Waals surface area contributed by atoms with Crippen molar-refractivity contribution < 1.29 is 9.15 Å². The van der Waals surface area contributed by atoms with Crippen molar-refractivity contribution in [1.82, 2.24) is 5.43 Å². The molecule has 1 aromatic heterocycles. The van der Waals surface area contributed by atoms with Gasteiger partial charge >= 0.3 is 0 Å². The normalized spacial score (nSPS) is 18.6. The summed E-state index contributed by atoms with van der Waals surface area (Å²) < 4.78 is 10.7. The fraction of sp³-hybridized carbons (Fsp3) is 0.733. The number of aryl methyl sites for hydroxylation is 1. The first-order valence-corrected chi connectivity index (χ1v) is 7.39. The first kappa shape index (κ1) is 14.6. The van der Waals surface area contributed by atoms with Gasteiger partial charge in [-0.25, -0.2) is 0 Å². The van der Waals surface area contributed by atoms with E-state index in [1.807, 2.05) is 13.0 Å². The Kier molecular flexibility index (Phi) is 5.89. The molecule has 0 aromatic carbocycles. The summed E-state index contributed by atoms with van der Waals surface area (Å²) in [7, 11) is 0. The van der Waals surface area contributed by atoms with E-state index in [1.54, 1.807) is 6.26 Å². The predicted molar refractivity (Wildman–Crippen MR) is 75.5 cm³/mol. The number of hydrogen-bond acceptors (Lipinski definition) is 4. The Hall–Kier alpha value is -0.840. The average Bonchev–Trinajstić information content (AvgIpc) is 2.86. The van der Waals surface area contributed by atoms with Crippen molar-refractivity contribution in [3.63, 3.8) is 0 Å². The number of nitrogens with one attached hydrogen (secondary N) is 1. The third-order valence-corrected chi connectivity index (χ3v) is 4.17. The number of ether oxygens (including phenoxy) is 1. The van der Waals surface area contributed by atoms with Gasteiger partial charge in [-0.15, -0.1) is 0 Å². The summed E-state index contributed by atoms with van der Waals surface area (Å²) in [4.78, 5) is 0. The van der Waals surface area contributed by atoms with E-state index >= 15 is 0 Å². The van der Waals surface area contributed by atoms with Gasteiger partial charge in [-0.05, 0) is 38.2 Å². The minimum absolute atomic E-state index is 0.216. The van der Waals surface area contributed by atoms with Gasteiger partial charge in [-0.1, -0.05) is 19.3 Å². The molecule has 19 heavy (non-hydrogen) atoms. The van der Waals surface area contributed by atoms with Crippen LogP contribution in [0.5, 0.6) is 0 Å². The van der Waals surface area contributed by atoms with Crippen molar-refractivity contribution in [1.29, 1.82) is 0 Å². The van der Waals surface area contributed by atoms with E-state index in [4.69, 9.17) is 15.0 Å². The molecule has 0 amide bonds. The molecule has 1 aliphatic rings. The second-order valence-corrected chi connectivity index (χ2v) is 5.49. The minimum atomic E-state index is 0.216. The van der Waals surface area contributed by atoms with Crippen LogP contribution in [0.15, 0.2) is 16.7 Å². The number of furan rings is 1. The molecule has 1 aliphatic heterocycles. The van der Waals surface area contributed by atoms with Gasteiger partial charge in [0.15, 0.2) is 0 Å². The number of unbranched alkanes of at least 4 members (excludes halogenated alkanes) is 1. The number of nitrogens with two attached hydrogens (primary N) is 1. The van der Waals surface area contributed by atoms with Gasteiger partial charge < -0.3 is 9.15 Å². The highest BCUT2D eigenvalue weighted by Gasteiger charge is 2.16. The molecule has 0 spiro atoms. The van der Waals surface area contributed by atoms with Gasteiger partial charge in [-0.3, -0.25) is 11.3 Å². The molecule has 2 rings (SSSR count). The Morgan fingerprint density at radius 3 is 2.79 bits per heavy atom. The molecule has 0 bridgehead atoms. The highest BCUT2D eigenvalue weighted by Crippen LogP contribution is 2.25. The van der Waals surface area contributed by atoms with Gasteiger partial charge in [0.05, 0.1) is 6.26 Å². The van der Waals surface area contributed by atoms with Crippen LogP contribution in [0.1, 0.15) is 55.9 Å². The molecule has 4 nitrogen and oxygen atoms in total. The topological polar surface area (TPSA) is 60.4 Å². The summed E-state index contributed by atoms with van der Waals surface area (Å²) in [6.45, 7) is 3.89. The van der Waals surface area contributed by atoms with Crippen molar-refractivity contribution in [3.05, 3.63) is 23.7 Å². The predicted octanol–water partition coefficient (Wildman–Crippen LogP) is 3.08. The van der Waals surface area contributed by atoms with Crippen LogP contribution in [-0.4, -0.2) is 13.2 Å². The lowest BCUT2D eigenvalue weighted by Crippen LogP contribution is -2.28. The Morgan fingerprint density at radius 2 is 2.16 bits per heavy atom. The lowest BCUT2D eigenvalue weighted by molar-refractivity contribution is 0.0630. The van der Waals surface area contributed by atoms with Crippen LogP contribution in [-0.2, 0) is 4.74 Å². The highest BCUT2D eigenvalue weighted by molar-refractivity contribution is 5.19. The maximum atomic E-state index is 5.65. The number of hydrazine groups is 1. The molecule has 1 unspecified atom stereocenters. The molecule has 2 heterocycles. The molecule has 3 N–H and O–H groups in total. The van der Waals surface area contributed by atoms with Crippen LogP contribution in [0.25, 0.3) is 0 Å². The Balaban J connectivity index is 1.67. The third kappa shape index (κ3) is 4.34. The molecular formula is C15H26N2O2. The van der Waals surface area contributed by atoms with Crippen molar-refractivity contribution in [2.45, 2.75) is 51.5 Å². The average molecular weight is 266 g/mol.